The van der Waals surface area contributed by atoms with Crippen molar-refractivity contribution in [3.8, 4) is 0 Å². The van der Waals surface area contributed by atoms with E-state index in [9.17, 15) is 10.1 Å². The van der Waals surface area contributed by atoms with Crippen molar-refractivity contribution >= 4 is 28.7 Å². The lowest BCUT2D eigenvalue weighted by Gasteiger charge is -2.04. The van der Waals surface area contributed by atoms with Crippen LogP contribution in [0.15, 0.2) is 12.1 Å². The fourth-order valence-corrected chi connectivity index (χ4v) is 1.78. The first-order valence-corrected chi connectivity index (χ1v) is 4.57. The van der Waals surface area contributed by atoms with Gasteiger partial charge in [-0.25, -0.2) is 0 Å². The molecule has 0 saturated carbocycles. The molecule has 7 heteroatoms. The molecule has 1 rings (SSSR count). The van der Waals surface area contributed by atoms with Gasteiger partial charge in [-0.2, -0.15) is 0 Å². The number of halogens is 1. The van der Waals surface area contributed by atoms with Crippen molar-refractivity contribution in [1.82, 2.24) is 0 Å². The molecule has 0 spiro atoms. The van der Waals surface area contributed by atoms with E-state index in [2.05, 4.69) is 0 Å². The summed E-state index contributed by atoms with van der Waals surface area (Å²) in [6.45, 7) is -0.00708. The maximum atomic E-state index is 10.3. The minimum absolute atomic E-state index is 0. The lowest BCUT2D eigenvalue weighted by atomic mass is 10.2. The molecule has 0 aliphatic carbocycles. The summed E-state index contributed by atoms with van der Waals surface area (Å²) in [7, 11) is 0. The van der Waals surface area contributed by atoms with E-state index in [4.69, 9.17) is 10.8 Å². The second-order valence-corrected chi connectivity index (χ2v) is 3.65. The van der Waals surface area contributed by atoms with Crippen molar-refractivity contribution in [2.45, 2.75) is 12.5 Å². The van der Waals surface area contributed by atoms with Crippen molar-refractivity contribution in [3.63, 3.8) is 0 Å². The maximum Gasteiger partial charge on any atom is 0.324 e. The molecule has 5 nitrogen and oxygen atoms in total. The largest absolute Gasteiger partial charge is 0.396 e. The summed E-state index contributed by atoms with van der Waals surface area (Å²) in [6.07, 6.45) is 0.428. The van der Waals surface area contributed by atoms with Crippen LogP contribution >= 0.6 is 23.7 Å². The Morgan fingerprint density at radius 2 is 2.29 bits per heavy atom. The standard InChI is InChI=1S/C7H10N2O3S.ClH/c8-5(3-4-10)6-1-2-7(13-6)9(11)12;/h1-2,5,10H,3-4,8H2;1H/t5-;/m0./s1. The van der Waals surface area contributed by atoms with Crippen LogP contribution in [-0.2, 0) is 0 Å². The predicted octanol–water partition coefficient (Wildman–Crippen LogP) is 1.46. The van der Waals surface area contributed by atoms with Gasteiger partial charge in [0.25, 0.3) is 0 Å². The fourth-order valence-electron chi connectivity index (χ4n) is 0.921. The second kappa shape index (κ2) is 5.92. The Morgan fingerprint density at radius 1 is 1.64 bits per heavy atom. The third-order valence-electron chi connectivity index (χ3n) is 1.60. The molecular weight excluding hydrogens is 228 g/mol. The summed E-state index contributed by atoms with van der Waals surface area (Å²) in [4.78, 5) is 10.6. The highest BCUT2D eigenvalue weighted by Gasteiger charge is 2.13. The highest BCUT2D eigenvalue weighted by molar-refractivity contribution is 7.15. The number of rotatable bonds is 4. The molecule has 0 radical (unpaired) electrons. The highest BCUT2D eigenvalue weighted by atomic mass is 35.5. The number of aliphatic hydroxyl groups is 1. The molecule has 0 saturated heterocycles. The summed E-state index contributed by atoms with van der Waals surface area (Å²) < 4.78 is 0. The lowest BCUT2D eigenvalue weighted by molar-refractivity contribution is -0.380. The third kappa shape index (κ3) is 3.22. The number of aliphatic hydroxyl groups excluding tert-OH is 1. The zero-order chi connectivity index (χ0) is 9.84. The Kier molecular flexibility index (Phi) is 5.63. The Bertz CT molecular complexity index is 305. The van der Waals surface area contributed by atoms with Crippen LogP contribution in [0.25, 0.3) is 0 Å². The maximum absolute atomic E-state index is 10.3. The molecule has 0 amide bonds. The number of nitro groups is 1. The quantitative estimate of drug-likeness (QED) is 0.614. The van der Waals surface area contributed by atoms with Crippen LogP contribution in [0.5, 0.6) is 0 Å². The van der Waals surface area contributed by atoms with Crippen molar-refractivity contribution in [3.05, 3.63) is 27.1 Å². The van der Waals surface area contributed by atoms with E-state index in [0.717, 1.165) is 16.2 Å². The Hall–Kier alpha value is -0.690. The van der Waals surface area contributed by atoms with Crippen LogP contribution in [0.1, 0.15) is 17.3 Å². The zero-order valence-corrected chi connectivity index (χ0v) is 8.88. The van der Waals surface area contributed by atoms with Gasteiger partial charge in [0.05, 0.1) is 4.92 Å². The molecule has 0 unspecified atom stereocenters. The first kappa shape index (κ1) is 13.3. The molecule has 1 aromatic rings. The van der Waals surface area contributed by atoms with Gasteiger partial charge in [0.2, 0.25) is 0 Å². The first-order chi connectivity index (χ1) is 6.15. The van der Waals surface area contributed by atoms with E-state index in [1.165, 1.54) is 6.07 Å². The molecule has 1 atom stereocenters. The van der Waals surface area contributed by atoms with Crippen molar-refractivity contribution in [1.29, 1.82) is 0 Å². The van der Waals surface area contributed by atoms with E-state index in [1.807, 2.05) is 0 Å². The Morgan fingerprint density at radius 3 is 2.71 bits per heavy atom. The van der Waals surface area contributed by atoms with Gasteiger partial charge in [-0.3, -0.25) is 10.1 Å². The van der Waals surface area contributed by atoms with Crippen LogP contribution in [0, 0.1) is 10.1 Å². The molecule has 1 aromatic heterocycles. The SMILES string of the molecule is Cl.N[C@@H](CCO)c1ccc([N+](=O)[O-])s1. The van der Waals surface area contributed by atoms with Gasteiger partial charge < -0.3 is 10.8 Å². The van der Waals surface area contributed by atoms with E-state index in [0.29, 0.717) is 6.42 Å². The van der Waals surface area contributed by atoms with Gasteiger partial charge in [0, 0.05) is 23.6 Å². The number of nitrogens with zero attached hydrogens (tertiary/aromatic N) is 1. The van der Waals surface area contributed by atoms with Gasteiger partial charge in [-0.15, -0.1) is 12.4 Å². The summed E-state index contributed by atoms with van der Waals surface area (Å²) in [5.74, 6) is 0. The Balaban J connectivity index is 0.00000169. The molecule has 14 heavy (non-hydrogen) atoms. The van der Waals surface area contributed by atoms with Crippen LogP contribution in [0.3, 0.4) is 0 Å². The highest BCUT2D eigenvalue weighted by Crippen LogP contribution is 2.28. The van der Waals surface area contributed by atoms with Crippen molar-refractivity contribution in [2.24, 2.45) is 5.73 Å². The van der Waals surface area contributed by atoms with Crippen molar-refractivity contribution < 1.29 is 10.0 Å². The van der Waals surface area contributed by atoms with Gasteiger partial charge >= 0.3 is 5.00 Å². The number of hydrogen-bond acceptors (Lipinski definition) is 5. The molecule has 0 aliphatic heterocycles. The van der Waals surface area contributed by atoms with Crippen molar-refractivity contribution in [2.75, 3.05) is 6.61 Å². The zero-order valence-electron chi connectivity index (χ0n) is 7.25. The molecule has 0 aliphatic rings. The molecule has 0 aromatic carbocycles. The molecule has 1 heterocycles. The first-order valence-electron chi connectivity index (χ1n) is 3.75. The van der Waals surface area contributed by atoms with E-state index < -0.39 is 4.92 Å². The minimum Gasteiger partial charge on any atom is -0.396 e. The van der Waals surface area contributed by atoms with Gasteiger partial charge in [-0.05, 0) is 12.5 Å². The van der Waals surface area contributed by atoms with Crippen LogP contribution < -0.4 is 5.73 Å². The van der Waals surface area contributed by atoms with Gasteiger partial charge in [-0.1, -0.05) is 11.3 Å². The topological polar surface area (TPSA) is 89.4 Å². The average molecular weight is 239 g/mol. The van der Waals surface area contributed by atoms with E-state index in [-0.39, 0.29) is 30.1 Å². The lowest BCUT2D eigenvalue weighted by Crippen LogP contribution is -2.09. The number of hydrogen-bond donors (Lipinski definition) is 2. The summed E-state index contributed by atoms with van der Waals surface area (Å²) in [5.41, 5.74) is 5.65. The average Bonchev–Trinajstić information content (AvgIpc) is 2.52. The monoisotopic (exact) mass is 238 g/mol. The molecule has 80 valence electrons. The molecule has 3 N–H and O–H groups in total. The molecular formula is C7H11ClN2O3S. The second-order valence-electron chi connectivity index (χ2n) is 2.55. The van der Waals surface area contributed by atoms with Gasteiger partial charge in [0.1, 0.15) is 0 Å². The number of nitrogens with two attached hydrogens (primary N) is 1. The summed E-state index contributed by atoms with van der Waals surface area (Å²) in [6, 6.07) is 2.75. The van der Waals surface area contributed by atoms with Crippen LogP contribution in [-0.4, -0.2) is 16.6 Å². The van der Waals surface area contributed by atoms with Gasteiger partial charge in [0.15, 0.2) is 0 Å². The van der Waals surface area contributed by atoms with Crippen LogP contribution in [0.4, 0.5) is 5.00 Å². The fraction of sp³-hybridized carbons (Fsp3) is 0.429. The van der Waals surface area contributed by atoms with Crippen LogP contribution in [0.2, 0.25) is 0 Å². The summed E-state index contributed by atoms with van der Waals surface area (Å²) >= 11 is 1.05. The predicted molar refractivity (Wildman–Crippen MR) is 56.9 cm³/mol. The third-order valence-corrected chi connectivity index (χ3v) is 2.77. The minimum atomic E-state index is -0.445. The number of thiophene rings is 1. The Labute approximate surface area is 91.1 Å². The smallest absolute Gasteiger partial charge is 0.324 e. The summed E-state index contributed by atoms with van der Waals surface area (Å²) in [5, 5.41) is 19.0. The van der Waals surface area contributed by atoms with E-state index >= 15 is 0 Å². The molecule has 0 fully saturated rings. The normalized spacial score (nSPS) is 11.9. The molecule has 0 bridgehead atoms. The van der Waals surface area contributed by atoms with E-state index in [1.54, 1.807) is 6.07 Å².